The van der Waals surface area contributed by atoms with E-state index < -0.39 is 0 Å². The van der Waals surface area contributed by atoms with E-state index >= 15 is 0 Å². The van der Waals surface area contributed by atoms with E-state index in [0.29, 0.717) is 17.4 Å². The Morgan fingerprint density at radius 2 is 1.90 bits per heavy atom. The molecule has 1 aromatic carbocycles. The van der Waals surface area contributed by atoms with E-state index in [-0.39, 0.29) is 0 Å². The van der Waals surface area contributed by atoms with E-state index in [4.69, 9.17) is 16.3 Å². The van der Waals surface area contributed by atoms with Crippen molar-refractivity contribution < 1.29 is 4.74 Å². The number of hydrogen-bond donors (Lipinski definition) is 1. The molecule has 21 heavy (non-hydrogen) atoms. The van der Waals surface area contributed by atoms with Gasteiger partial charge in [-0.3, -0.25) is 0 Å². The van der Waals surface area contributed by atoms with Gasteiger partial charge in [0.1, 0.15) is 5.75 Å². The molecule has 0 radical (unpaired) electrons. The molecule has 0 aliphatic rings. The van der Waals surface area contributed by atoms with Crippen molar-refractivity contribution in [3.05, 3.63) is 50.6 Å². The molecular weight excluding hydrogens is 352 g/mol. The smallest absolute Gasteiger partial charge is 0.219 e. The van der Waals surface area contributed by atoms with Gasteiger partial charge in [0.2, 0.25) is 5.88 Å². The number of rotatable bonds is 5. The summed E-state index contributed by atoms with van der Waals surface area (Å²) >= 11 is 9.69. The third-order valence-corrected chi connectivity index (χ3v) is 4.70. The number of hydrogen-bond acceptors (Lipinski definition) is 3. The van der Waals surface area contributed by atoms with Crippen LogP contribution >= 0.6 is 27.5 Å². The van der Waals surface area contributed by atoms with E-state index in [1.54, 1.807) is 6.20 Å². The monoisotopic (exact) mass is 368 g/mol. The van der Waals surface area contributed by atoms with Crippen molar-refractivity contribution in [1.82, 2.24) is 10.3 Å². The average molecular weight is 370 g/mol. The summed E-state index contributed by atoms with van der Waals surface area (Å²) in [6.45, 7) is 7.72. The van der Waals surface area contributed by atoms with Gasteiger partial charge < -0.3 is 10.1 Å². The lowest BCUT2D eigenvalue weighted by molar-refractivity contribution is 0.461. The number of aromatic nitrogens is 1. The Hall–Kier alpha value is -1.10. The first kappa shape index (κ1) is 16.3. The zero-order valence-electron chi connectivity index (χ0n) is 12.3. The molecule has 0 unspecified atom stereocenters. The lowest BCUT2D eigenvalue weighted by Gasteiger charge is -2.11. The summed E-state index contributed by atoms with van der Waals surface area (Å²) in [5.74, 6) is 1.32. The molecule has 0 atom stereocenters. The summed E-state index contributed by atoms with van der Waals surface area (Å²) in [6, 6.07) is 5.84. The summed E-state index contributed by atoms with van der Waals surface area (Å²) in [5, 5.41) is 3.89. The van der Waals surface area contributed by atoms with Crippen LogP contribution in [0.4, 0.5) is 0 Å². The third-order valence-electron chi connectivity index (χ3n) is 3.11. The largest absolute Gasteiger partial charge is 0.439 e. The van der Waals surface area contributed by atoms with Crippen LogP contribution in [0.25, 0.3) is 0 Å². The third kappa shape index (κ3) is 4.19. The minimum absolute atomic E-state index is 0.549. The van der Waals surface area contributed by atoms with E-state index in [1.165, 1.54) is 0 Å². The maximum atomic E-state index is 6.14. The summed E-state index contributed by atoms with van der Waals surface area (Å²) in [4.78, 5) is 4.23. The maximum Gasteiger partial charge on any atom is 0.219 e. The zero-order chi connectivity index (χ0) is 15.4. The van der Waals surface area contributed by atoms with Crippen LogP contribution in [0.3, 0.4) is 0 Å². The van der Waals surface area contributed by atoms with Crippen LogP contribution in [0.15, 0.2) is 28.9 Å². The fourth-order valence-electron chi connectivity index (χ4n) is 2.00. The number of halogens is 2. The number of aryl methyl sites for hydroxylation is 2. The Labute approximate surface area is 138 Å². The first-order chi connectivity index (χ1) is 10.0. The highest BCUT2D eigenvalue weighted by atomic mass is 79.9. The molecule has 0 aliphatic heterocycles. The van der Waals surface area contributed by atoms with Gasteiger partial charge in [-0.25, -0.2) is 4.98 Å². The van der Waals surface area contributed by atoms with Crippen molar-refractivity contribution in [1.29, 1.82) is 0 Å². The second-order valence-electron chi connectivity index (χ2n) is 4.87. The Balaban J connectivity index is 2.23. The summed E-state index contributed by atoms with van der Waals surface area (Å²) < 4.78 is 6.96. The predicted molar refractivity (Wildman–Crippen MR) is 90.3 cm³/mol. The predicted octanol–water partition coefficient (Wildman–Crippen LogP) is 5.02. The molecule has 0 fully saturated rings. The Morgan fingerprint density at radius 1 is 1.24 bits per heavy atom. The second kappa shape index (κ2) is 7.25. The van der Waals surface area contributed by atoms with Gasteiger partial charge in [-0.15, -0.1) is 0 Å². The van der Waals surface area contributed by atoms with Crippen LogP contribution in [-0.2, 0) is 6.54 Å². The minimum atomic E-state index is 0.549. The fraction of sp³-hybridized carbons (Fsp3) is 0.312. The molecule has 1 aromatic heterocycles. The molecule has 0 spiro atoms. The molecule has 1 heterocycles. The van der Waals surface area contributed by atoms with Crippen LogP contribution in [0.2, 0.25) is 5.02 Å². The highest BCUT2D eigenvalue weighted by Gasteiger charge is 2.07. The molecule has 3 nitrogen and oxygen atoms in total. The molecule has 1 N–H and O–H groups in total. The lowest BCUT2D eigenvalue weighted by atomic mass is 10.1. The quantitative estimate of drug-likeness (QED) is 0.804. The molecule has 112 valence electrons. The van der Waals surface area contributed by atoms with Gasteiger partial charge in [-0.05, 0) is 49.2 Å². The molecule has 0 bridgehead atoms. The van der Waals surface area contributed by atoms with Crippen molar-refractivity contribution in [2.45, 2.75) is 27.3 Å². The molecule has 5 heteroatoms. The molecule has 0 saturated heterocycles. The Bertz CT molecular complexity index is 623. The molecule has 2 rings (SSSR count). The SMILES string of the molecule is CCNCc1cc(Oc2cc(C)c(Br)c(C)c2)ncc1Cl. The lowest BCUT2D eigenvalue weighted by Crippen LogP contribution is -2.12. The normalized spacial score (nSPS) is 10.7. The molecular formula is C16H18BrClN2O. The highest BCUT2D eigenvalue weighted by molar-refractivity contribution is 9.10. The first-order valence-electron chi connectivity index (χ1n) is 6.81. The molecule has 0 amide bonds. The number of benzene rings is 1. The topological polar surface area (TPSA) is 34.1 Å². The van der Waals surface area contributed by atoms with Gasteiger partial charge in [-0.1, -0.05) is 34.5 Å². The van der Waals surface area contributed by atoms with E-state index in [2.05, 4.69) is 33.2 Å². The number of pyridine rings is 1. The molecule has 2 aromatic rings. The number of nitrogens with zero attached hydrogens (tertiary/aromatic N) is 1. The standard InChI is InChI=1S/C16H18BrClN2O/c1-4-19-8-12-7-15(20-9-14(12)18)21-13-5-10(2)16(17)11(3)6-13/h5-7,9,19H,4,8H2,1-3H3. The zero-order valence-corrected chi connectivity index (χ0v) is 14.7. The fourth-order valence-corrected chi connectivity index (χ4v) is 2.39. The van der Waals surface area contributed by atoms with Gasteiger partial charge in [0.25, 0.3) is 0 Å². The van der Waals surface area contributed by atoms with Crippen molar-refractivity contribution in [2.75, 3.05) is 6.54 Å². The van der Waals surface area contributed by atoms with E-state index in [0.717, 1.165) is 33.5 Å². The first-order valence-corrected chi connectivity index (χ1v) is 7.98. The Morgan fingerprint density at radius 3 is 2.52 bits per heavy atom. The average Bonchev–Trinajstić information content (AvgIpc) is 2.45. The van der Waals surface area contributed by atoms with Gasteiger partial charge in [0, 0.05) is 23.3 Å². The Kier molecular flexibility index (Phi) is 5.62. The summed E-state index contributed by atoms with van der Waals surface area (Å²) in [6.07, 6.45) is 1.63. The highest BCUT2D eigenvalue weighted by Crippen LogP contribution is 2.29. The summed E-state index contributed by atoms with van der Waals surface area (Å²) in [5.41, 5.74) is 3.24. The van der Waals surface area contributed by atoms with Crippen LogP contribution in [0.5, 0.6) is 11.6 Å². The molecule has 0 saturated carbocycles. The number of nitrogens with one attached hydrogen (secondary N) is 1. The van der Waals surface area contributed by atoms with Crippen molar-refractivity contribution in [3.8, 4) is 11.6 Å². The van der Waals surface area contributed by atoms with Gasteiger partial charge in [0.15, 0.2) is 0 Å². The van der Waals surface area contributed by atoms with Crippen LogP contribution < -0.4 is 10.1 Å². The molecule has 0 aliphatic carbocycles. The van der Waals surface area contributed by atoms with Crippen molar-refractivity contribution in [2.24, 2.45) is 0 Å². The second-order valence-corrected chi connectivity index (χ2v) is 6.07. The van der Waals surface area contributed by atoms with Gasteiger partial charge in [0.05, 0.1) is 5.02 Å². The minimum Gasteiger partial charge on any atom is -0.439 e. The van der Waals surface area contributed by atoms with Crippen LogP contribution in [0, 0.1) is 13.8 Å². The van der Waals surface area contributed by atoms with Gasteiger partial charge >= 0.3 is 0 Å². The van der Waals surface area contributed by atoms with Crippen LogP contribution in [0.1, 0.15) is 23.6 Å². The van der Waals surface area contributed by atoms with Gasteiger partial charge in [-0.2, -0.15) is 0 Å². The van der Waals surface area contributed by atoms with E-state index in [1.807, 2.05) is 32.0 Å². The van der Waals surface area contributed by atoms with Crippen molar-refractivity contribution in [3.63, 3.8) is 0 Å². The summed E-state index contributed by atoms with van der Waals surface area (Å²) in [7, 11) is 0. The van der Waals surface area contributed by atoms with Crippen LogP contribution in [-0.4, -0.2) is 11.5 Å². The van der Waals surface area contributed by atoms with E-state index in [9.17, 15) is 0 Å². The maximum absolute atomic E-state index is 6.14. The number of ether oxygens (including phenoxy) is 1. The van der Waals surface area contributed by atoms with Crippen molar-refractivity contribution >= 4 is 27.5 Å².